The van der Waals surface area contributed by atoms with Crippen molar-refractivity contribution in [2.24, 2.45) is 0 Å². The van der Waals surface area contributed by atoms with E-state index >= 15 is 0 Å². The molecule has 56 heavy (non-hydrogen) atoms. The zero-order valence-corrected chi connectivity index (χ0v) is 37.7. The van der Waals surface area contributed by atoms with Crippen LogP contribution in [0.15, 0.2) is 48.5 Å². The van der Waals surface area contributed by atoms with Crippen LogP contribution in [0.1, 0.15) is 150 Å². The van der Waals surface area contributed by atoms with Gasteiger partial charge in [0.1, 0.15) is 23.0 Å². The largest absolute Gasteiger partial charge is 0.527 e. The van der Waals surface area contributed by atoms with Gasteiger partial charge in [0.2, 0.25) is 0 Å². The molecule has 8 bridgehead atoms. The summed E-state index contributed by atoms with van der Waals surface area (Å²) in [6.45, 7) is 26.6. The minimum Gasteiger partial charge on any atom is -0.496 e. The summed E-state index contributed by atoms with van der Waals surface area (Å²) in [6.07, 6.45) is 1.89. The van der Waals surface area contributed by atoms with Crippen molar-refractivity contribution in [3.8, 4) is 23.0 Å². The molecule has 0 radical (unpaired) electrons. The maximum absolute atomic E-state index is 13.4. The summed E-state index contributed by atoms with van der Waals surface area (Å²) in [4.78, 5) is 10.9. The van der Waals surface area contributed by atoms with Gasteiger partial charge in [0, 0.05) is 32.8 Å². The minimum absolute atomic E-state index is 0.125. The lowest BCUT2D eigenvalue weighted by molar-refractivity contribution is 0.241. The normalized spacial score (nSPS) is 14.9. The number of phosphoric acid groups is 1. The van der Waals surface area contributed by atoms with E-state index in [2.05, 4.69) is 132 Å². The summed E-state index contributed by atoms with van der Waals surface area (Å²) in [5.74, 6) is 2.72. The number of rotatable bonds is 6. The Bertz CT molecular complexity index is 2030. The molecule has 0 amide bonds. The highest BCUT2D eigenvalue weighted by atomic mass is 31.2. The number of methoxy groups -OCH3 is 3. The lowest BCUT2D eigenvalue weighted by Crippen LogP contribution is -2.17. The fourth-order valence-electron chi connectivity index (χ4n) is 7.68. The predicted molar refractivity (Wildman–Crippen MR) is 229 cm³/mol. The van der Waals surface area contributed by atoms with Gasteiger partial charge >= 0.3 is 7.82 Å². The minimum atomic E-state index is -4.49. The van der Waals surface area contributed by atoms with E-state index in [-0.39, 0.29) is 21.7 Å². The molecule has 0 saturated heterocycles. The van der Waals surface area contributed by atoms with Crippen LogP contribution in [0.5, 0.6) is 23.0 Å². The van der Waals surface area contributed by atoms with Crippen molar-refractivity contribution in [3.63, 3.8) is 0 Å². The van der Waals surface area contributed by atoms with Crippen LogP contribution >= 0.6 is 7.82 Å². The number of phosphoric ester groups is 1. The molecule has 304 valence electrons. The van der Waals surface area contributed by atoms with Gasteiger partial charge < -0.3 is 18.7 Å². The van der Waals surface area contributed by atoms with Gasteiger partial charge in [-0.2, -0.15) is 0 Å². The Labute approximate surface area is 336 Å². The van der Waals surface area contributed by atoms with Crippen molar-refractivity contribution in [3.05, 3.63) is 115 Å². The molecule has 1 aliphatic carbocycles. The number of hydrogen-bond acceptors (Lipinski definition) is 6. The second-order valence-corrected chi connectivity index (χ2v) is 21.0. The average molecular weight is 785 g/mol. The summed E-state index contributed by atoms with van der Waals surface area (Å²) in [6, 6.07) is 17.7. The van der Waals surface area contributed by atoms with E-state index in [0.717, 1.165) is 78.4 Å². The molecule has 1 aliphatic rings. The van der Waals surface area contributed by atoms with Crippen LogP contribution in [0.4, 0.5) is 0 Å². The molecule has 1 atom stereocenters. The molecule has 0 saturated carbocycles. The number of fused-ring (bicyclic) bond motifs is 8. The zero-order chi connectivity index (χ0) is 41.8. The van der Waals surface area contributed by atoms with Gasteiger partial charge in [0.15, 0.2) is 0 Å². The number of hydrogen-bond donors (Lipinski definition) is 1. The summed E-state index contributed by atoms with van der Waals surface area (Å²) in [7, 11) is 1.91. The Morgan fingerprint density at radius 3 is 0.768 bits per heavy atom. The number of benzene rings is 4. The van der Waals surface area contributed by atoms with E-state index in [1.165, 1.54) is 12.7 Å². The zero-order valence-electron chi connectivity index (χ0n) is 36.8. The Kier molecular flexibility index (Phi) is 12.0. The first-order valence-corrected chi connectivity index (χ1v) is 21.1. The summed E-state index contributed by atoms with van der Waals surface area (Å²) in [5, 5.41) is 0. The standard InChI is InChI=1S/C48H65O7P/c1-45(2,3)37-21-29-17-31-23-38(46(4,5)6)25-33(42(31)52-14)19-35-27-40(48(10,11)12)28-36(44(35)55-56(49,50)54-16)20-34-26-39(47(7,8)9)24-32(43(34)53-15)18-30(22-37)41(29)51-13/h21-28H,17-20H2,1-16H3,(H,49,50). The van der Waals surface area contributed by atoms with Crippen molar-refractivity contribution in [1.82, 2.24) is 0 Å². The average Bonchev–Trinajstić information content (AvgIpc) is 3.07. The van der Waals surface area contributed by atoms with Crippen molar-refractivity contribution < 1.29 is 32.7 Å². The second kappa shape index (κ2) is 15.5. The smallest absolute Gasteiger partial charge is 0.496 e. The van der Waals surface area contributed by atoms with E-state index in [4.69, 9.17) is 23.3 Å². The van der Waals surface area contributed by atoms with E-state index in [9.17, 15) is 9.46 Å². The summed E-state index contributed by atoms with van der Waals surface area (Å²) in [5.41, 5.74) is 11.5. The molecule has 1 N–H and O–H groups in total. The lowest BCUT2D eigenvalue weighted by atomic mass is 9.79. The molecule has 0 fully saturated rings. The fraction of sp³-hybridized carbons (Fsp3) is 0.500. The van der Waals surface area contributed by atoms with Crippen LogP contribution < -0.4 is 18.7 Å². The van der Waals surface area contributed by atoms with Crippen LogP contribution in [0, 0.1) is 0 Å². The highest BCUT2D eigenvalue weighted by molar-refractivity contribution is 7.47. The van der Waals surface area contributed by atoms with Gasteiger partial charge in [0.25, 0.3) is 0 Å². The molecule has 7 nitrogen and oxygen atoms in total. The summed E-state index contributed by atoms with van der Waals surface area (Å²) >= 11 is 0. The molecule has 0 spiro atoms. The van der Waals surface area contributed by atoms with Gasteiger partial charge in [-0.3, -0.25) is 9.42 Å². The molecule has 8 heteroatoms. The maximum Gasteiger partial charge on any atom is 0.527 e. The quantitative estimate of drug-likeness (QED) is 0.172. The second-order valence-electron chi connectivity index (χ2n) is 19.6. The van der Waals surface area contributed by atoms with Gasteiger partial charge in [-0.15, -0.1) is 0 Å². The van der Waals surface area contributed by atoms with Gasteiger partial charge in [0.05, 0.1) is 21.3 Å². The number of ether oxygens (including phenoxy) is 3. The SMILES string of the molecule is COc1c2cc(C(C)(C)C)cc1Cc1cc(C(C)(C)C)cc(c1OC)Cc1cc(C(C)(C)C)cc(c1OP(=O)(O)OC)Cc1cc(C(C)(C)C)cc(c1OC)C2. The molecule has 4 aromatic rings. The molecule has 4 aromatic carbocycles. The van der Waals surface area contributed by atoms with Crippen molar-refractivity contribution >= 4 is 7.82 Å². The molecular weight excluding hydrogens is 719 g/mol. The van der Waals surface area contributed by atoms with Crippen molar-refractivity contribution in [2.75, 3.05) is 28.4 Å². The monoisotopic (exact) mass is 784 g/mol. The Morgan fingerprint density at radius 2 is 0.607 bits per heavy atom. The topological polar surface area (TPSA) is 83.5 Å². The van der Waals surface area contributed by atoms with Crippen molar-refractivity contribution in [2.45, 2.75) is 130 Å². The highest BCUT2D eigenvalue weighted by Crippen LogP contribution is 2.49. The molecular formula is C48H65O7P. The first-order valence-electron chi connectivity index (χ1n) is 19.6. The van der Waals surface area contributed by atoms with Crippen LogP contribution in [-0.2, 0) is 56.4 Å². The lowest BCUT2D eigenvalue weighted by Gasteiger charge is -2.29. The van der Waals surface area contributed by atoms with Crippen LogP contribution in [0.3, 0.4) is 0 Å². The third-order valence-electron chi connectivity index (χ3n) is 11.0. The Balaban J connectivity index is 2.01. The van der Waals surface area contributed by atoms with Crippen LogP contribution in [0.2, 0.25) is 0 Å². The third kappa shape index (κ3) is 9.33. The van der Waals surface area contributed by atoms with E-state index in [0.29, 0.717) is 31.4 Å². The Morgan fingerprint density at radius 1 is 0.411 bits per heavy atom. The predicted octanol–water partition coefficient (Wildman–Crippen LogP) is 11.7. The molecule has 1 unspecified atom stereocenters. The third-order valence-corrected chi connectivity index (χ3v) is 11.9. The van der Waals surface area contributed by atoms with Crippen LogP contribution in [-0.4, -0.2) is 33.3 Å². The maximum atomic E-state index is 13.4. The van der Waals surface area contributed by atoms with E-state index in [1.54, 1.807) is 21.3 Å². The van der Waals surface area contributed by atoms with E-state index < -0.39 is 7.82 Å². The van der Waals surface area contributed by atoms with Crippen molar-refractivity contribution in [1.29, 1.82) is 0 Å². The molecule has 5 rings (SSSR count). The fourth-order valence-corrected chi connectivity index (χ4v) is 8.22. The van der Waals surface area contributed by atoms with Gasteiger partial charge in [-0.25, -0.2) is 4.57 Å². The van der Waals surface area contributed by atoms with Gasteiger partial charge in [-0.05, 0) is 88.4 Å². The summed E-state index contributed by atoms with van der Waals surface area (Å²) < 4.78 is 43.6. The van der Waals surface area contributed by atoms with Crippen LogP contribution in [0.25, 0.3) is 0 Å². The Hall–Kier alpha value is -3.77. The molecule has 0 aliphatic heterocycles. The first kappa shape index (κ1) is 43.4. The van der Waals surface area contributed by atoms with Gasteiger partial charge in [-0.1, -0.05) is 132 Å². The molecule has 0 aromatic heterocycles. The van der Waals surface area contributed by atoms with E-state index in [1.807, 2.05) is 0 Å². The first-order chi connectivity index (χ1) is 25.8. The molecule has 0 heterocycles. The highest BCUT2D eigenvalue weighted by Gasteiger charge is 2.31.